The molecule has 0 aliphatic rings. The van der Waals surface area contributed by atoms with Crippen molar-refractivity contribution in [3.63, 3.8) is 0 Å². The Kier molecular flexibility index (Phi) is 4.67. The topological polar surface area (TPSA) is 43.1 Å². The van der Waals surface area contributed by atoms with Crippen molar-refractivity contribution in [2.45, 2.75) is 46.5 Å². The van der Waals surface area contributed by atoms with Crippen molar-refractivity contribution in [3.8, 4) is 10.6 Å². The van der Waals surface area contributed by atoms with Gasteiger partial charge < -0.3 is 0 Å². The summed E-state index contributed by atoms with van der Waals surface area (Å²) in [6.45, 7) is 6.29. The fraction of sp³-hybridized carbons (Fsp3) is 0.350. The summed E-state index contributed by atoms with van der Waals surface area (Å²) >= 11 is 8.33. The van der Waals surface area contributed by atoms with Crippen molar-refractivity contribution in [1.29, 1.82) is 0 Å². The molecule has 0 aliphatic carbocycles. The zero-order chi connectivity index (χ0) is 18.3. The smallest absolute Gasteiger partial charge is 0.157 e. The summed E-state index contributed by atoms with van der Waals surface area (Å²) < 4.78 is 3.06. The lowest BCUT2D eigenvalue weighted by Gasteiger charge is -2.06. The van der Waals surface area contributed by atoms with Gasteiger partial charge in [-0.05, 0) is 50.5 Å². The molecule has 0 radical (unpaired) electrons. The minimum absolute atomic E-state index is 0.686. The third-order valence-electron chi connectivity index (χ3n) is 4.61. The Balaban J connectivity index is 1.92. The molecule has 0 spiro atoms. The van der Waals surface area contributed by atoms with Crippen LogP contribution in [0.5, 0.6) is 0 Å². The van der Waals surface area contributed by atoms with Crippen molar-refractivity contribution in [1.82, 2.24) is 19.6 Å². The summed E-state index contributed by atoms with van der Waals surface area (Å²) in [6.07, 6.45) is 6.42. The predicted molar refractivity (Wildman–Crippen MR) is 109 cm³/mol. The van der Waals surface area contributed by atoms with Crippen LogP contribution in [0, 0.1) is 13.8 Å². The number of hydrogen-bond acceptors (Lipinski definition) is 4. The first kappa shape index (κ1) is 17.4. The molecular weight excluding hydrogens is 364 g/mol. The Morgan fingerprint density at radius 1 is 1.23 bits per heavy atom. The van der Waals surface area contributed by atoms with Gasteiger partial charge in [0.05, 0.1) is 26.0 Å². The van der Waals surface area contributed by atoms with Crippen LogP contribution in [0.2, 0.25) is 5.02 Å². The van der Waals surface area contributed by atoms with Crippen molar-refractivity contribution >= 4 is 38.8 Å². The van der Waals surface area contributed by atoms with Crippen LogP contribution < -0.4 is 0 Å². The fourth-order valence-electron chi connectivity index (χ4n) is 3.39. The first-order valence-electron chi connectivity index (χ1n) is 8.99. The summed E-state index contributed by atoms with van der Waals surface area (Å²) in [5, 5.41) is 5.44. The van der Waals surface area contributed by atoms with E-state index in [1.54, 1.807) is 17.5 Å². The molecule has 0 aromatic carbocycles. The highest BCUT2D eigenvalue weighted by Gasteiger charge is 2.21. The summed E-state index contributed by atoms with van der Waals surface area (Å²) in [5.41, 5.74) is 5.98. The second-order valence-corrected chi connectivity index (χ2v) is 8.07. The summed E-state index contributed by atoms with van der Waals surface area (Å²) in [7, 11) is 0. The molecule has 0 saturated heterocycles. The number of aryl methyl sites for hydroxylation is 3. The fourth-order valence-corrected chi connectivity index (χ4v) is 4.94. The predicted octanol–water partition coefficient (Wildman–Crippen LogP) is 6.01. The van der Waals surface area contributed by atoms with Gasteiger partial charge in [-0.1, -0.05) is 31.4 Å². The number of pyridine rings is 1. The quantitative estimate of drug-likeness (QED) is 0.396. The van der Waals surface area contributed by atoms with Crippen LogP contribution in [0.15, 0.2) is 24.4 Å². The number of rotatable bonds is 5. The molecule has 0 aliphatic heterocycles. The molecule has 134 valence electrons. The maximum Gasteiger partial charge on any atom is 0.157 e. The van der Waals surface area contributed by atoms with Gasteiger partial charge in [-0.15, -0.1) is 11.3 Å². The number of fused-ring (bicyclic) bond motifs is 2. The molecule has 0 unspecified atom stereocenters. The number of imidazole rings is 1. The van der Waals surface area contributed by atoms with E-state index in [-0.39, 0.29) is 0 Å². The lowest BCUT2D eigenvalue weighted by atomic mass is 10.1. The highest BCUT2D eigenvalue weighted by atomic mass is 35.5. The van der Waals surface area contributed by atoms with E-state index < -0.39 is 0 Å². The maximum atomic E-state index is 6.68. The van der Waals surface area contributed by atoms with Crippen LogP contribution in [-0.4, -0.2) is 19.6 Å². The van der Waals surface area contributed by atoms with Gasteiger partial charge in [-0.3, -0.25) is 4.98 Å². The second kappa shape index (κ2) is 6.97. The van der Waals surface area contributed by atoms with Crippen LogP contribution in [0.3, 0.4) is 0 Å². The molecule has 0 fully saturated rings. The monoisotopic (exact) mass is 384 g/mol. The largest absolute Gasteiger partial charge is 0.254 e. The molecule has 0 bridgehead atoms. The lowest BCUT2D eigenvalue weighted by molar-refractivity contribution is 0.714. The van der Waals surface area contributed by atoms with Crippen LogP contribution in [-0.2, 0) is 6.42 Å². The van der Waals surface area contributed by atoms with Gasteiger partial charge in [0.15, 0.2) is 5.65 Å². The van der Waals surface area contributed by atoms with E-state index in [0.717, 1.165) is 44.2 Å². The number of unbranched alkanes of at least 4 members (excludes halogenated alkanes) is 2. The van der Waals surface area contributed by atoms with E-state index in [9.17, 15) is 0 Å². The molecule has 4 nitrogen and oxygen atoms in total. The average Bonchev–Trinajstić information content (AvgIpc) is 3.12. The number of hydrogen-bond donors (Lipinski definition) is 0. The lowest BCUT2D eigenvalue weighted by Crippen LogP contribution is -2.01. The molecular formula is C20H21ClN4S. The summed E-state index contributed by atoms with van der Waals surface area (Å²) in [5.74, 6) is 0. The minimum Gasteiger partial charge on any atom is -0.254 e. The first-order chi connectivity index (χ1) is 12.6. The molecule has 4 aromatic rings. The molecule has 6 heteroatoms. The Hall–Kier alpha value is -1.98. The van der Waals surface area contributed by atoms with E-state index in [4.69, 9.17) is 21.7 Å². The molecule has 4 heterocycles. The van der Waals surface area contributed by atoms with Crippen molar-refractivity contribution in [3.05, 3.63) is 46.4 Å². The highest BCUT2D eigenvalue weighted by molar-refractivity contribution is 7.23. The Morgan fingerprint density at radius 2 is 2.08 bits per heavy atom. The van der Waals surface area contributed by atoms with Gasteiger partial charge in [-0.2, -0.15) is 5.10 Å². The SMILES string of the molecule is CCCCCc1cc(C)nn2c(-c3sc4cccnc4c3Cl)c(C)nc12. The van der Waals surface area contributed by atoms with E-state index in [0.29, 0.717) is 5.02 Å². The van der Waals surface area contributed by atoms with Crippen molar-refractivity contribution in [2.75, 3.05) is 0 Å². The average molecular weight is 385 g/mol. The first-order valence-corrected chi connectivity index (χ1v) is 10.2. The van der Waals surface area contributed by atoms with E-state index in [1.807, 2.05) is 24.4 Å². The van der Waals surface area contributed by atoms with Gasteiger partial charge in [0.25, 0.3) is 0 Å². The Labute approximate surface area is 161 Å². The zero-order valence-electron chi connectivity index (χ0n) is 15.2. The molecule has 0 saturated carbocycles. The Morgan fingerprint density at radius 3 is 2.85 bits per heavy atom. The number of halogens is 1. The van der Waals surface area contributed by atoms with Crippen LogP contribution in [0.25, 0.3) is 26.4 Å². The minimum atomic E-state index is 0.686. The zero-order valence-corrected chi connectivity index (χ0v) is 16.8. The molecule has 26 heavy (non-hydrogen) atoms. The van der Waals surface area contributed by atoms with Gasteiger partial charge in [0.2, 0.25) is 0 Å². The summed E-state index contributed by atoms with van der Waals surface area (Å²) in [4.78, 5) is 10.3. The van der Waals surface area contributed by atoms with Gasteiger partial charge in [-0.25, -0.2) is 9.50 Å². The molecule has 0 atom stereocenters. The third-order valence-corrected chi connectivity index (χ3v) is 6.24. The highest BCUT2D eigenvalue weighted by Crippen LogP contribution is 2.42. The summed E-state index contributed by atoms with van der Waals surface area (Å²) in [6, 6.07) is 6.15. The van der Waals surface area contributed by atoms with Crippen molar-refractivity contribution < 1.29 is 0 Å². The molecule has 0 amide bonds. The second-order valence-electron chi connectivity index (χ2n) is 6.64. The third kappa shape index (κ3) is 2.89. The number of thiophene rings is 1. The van der Waals surface area contributed by atoms with E-state index in [1.165, 1.54) is 24.8 Å². The number of aromatic nitrogens is 4. The van der Waals surface area contributed by atoms with Gasteiger partial charge >= 0.3 is 0 Å². The van der Waals surface area contributed by atoms with E-state index >= 15 is 0 Å². The van der Waals surface area contributed by atoms with Crippen LogP contribution in [0.4, 0.5) is 0 Å². The van der Waals surface area contributed by atoms with Gasteiger partial charge in [0.1, 0.15) is 11.2 Å². The number of nitrogens with zero attached hydrogens (tertiary/aromatic N) is 4. The van der Waals surface area contributed by atoms with Crippen molar-refractivity contribution in [2.24, 2.45) is 0 Å². The maximum absolute atomic E-state index is 6.68. The van der Waals surface area contributed by atoms with Crippen LogP contribution >= 0.6 is 22.9 Å². The molecule has 4 aromatic heterocycles. The van der Waals surface area contributed by atoms with E-state index in [2.05, 4.69) is 24.0 Å². The molecule has 0 N–H and O–H groups in total. The standard InChI is InChI=1S/C20H21ClN4S/c1-4-5-6-8-14-11-12(2)24-25-18(13(3)23-20(14)25)19-16(21)17-15(26-19)9-7-10-22-17/h7,9-11H,4-6,8H2,1-3H3. The van der Waals surface area contributed by atoms with Crippen LogP contribution in [0.1, 0.15) is 43.1 Å². The van der Waals surface area contributed by atoms with Gasteiger partial charge in [0, 0.05) is 6.20 Å². The Bertz CT molecular complexity index is 1100. The molecule has 4 rings (SSSR count). The normalized spacial score (nSPS) is 11.7.